The molecule has 0 bridgehead atoms. The van der Waals surface area contributed by atoms with Crippen molar-refractivity contribution >= 4 is 17.8 Å². The number of nitrogens with zero attached hydrogens (tertiary/aromatic N) is 4. The van der Waals surface area contributed by atoms with Gasteiger partial charge < -0.3 is 19.1 Å². The molecule has 2 aliphatic rings. The standard InChI is InChI=1S/C32H38N4O4/c1-32(2,3)40-31(39)34-18-19-35(25(21-34)20-23-12-6-4-7-13-23)30(38)28-29(24-14-8-5-9-15-24)36(22-33-28)26-16-10-11-17-27(26)37/h4-9,12-15,22,25-26H,10-11,16-21H2,1-3H3/t25-,26-/m1/s1. The van der Waals surface area contributed by atoms with Gasteiger partial charge in [-0.3, -0.25) is 9.59 Å². The predicted octanol–water partition coefficient (Wildman–Crippen LogP) is 5.54. The zero-order valence-corrected chi connectivity index (χ0v) is 23.6. The van der Waals surface area contributed by atoms with Gasteiger partial charge in [-0.15, -0.1) is 0 Å². The molecule has 3 aromatic rings. The number of ketones is 1. The summed E-state index contributed by atoms with van der Waals surface area (Å²) in [4.78, 5) is 48.4. The summed E-state index contributed by atoms with van der Waals surface area (Å²) < 4.78 is 7.56. The highest BCUT2D eigenvalue weighted by molar-refractivity contribution is 5.99. The van der Waals surface area contributed by atoms with Crippen molar-refractivity contribution in [2.45, 2.75) is 70.6 Å². The Bertz CT molecular complexity index is 1350. The van der Waals surface area contributed by atoms with Gasteiger partial charge >= 0.3 is 6.09 Å². The zero-order chi connectivity index (χ0) is 28.3. The summed E-state index contributed by atoms with van der Waals surface area (Å²) in [6.45, 7) is 6.64. The third-order valence-corrected chi connectivity index (χ3v) is 7.61. The quantitative estimate of drug-likeness (QED) is 0.423. The monoisotopic (exact) mass is 542 g/mol. The Morgan fingerprint density at radius 1 is 0.975 bits per heavy atom. The van der Waals surface area contributed by atoms with Gasteiger partial charge in [-0.1, -0.05) is 67.1 Å². The smallest absolute Gasteiger partial charge is 0.410 e. The molecule has 0 spiro atoms. The summed E-state index contributed by atoms with van der Waals surface area (Å²) in [5.74, 6) is -0.00149. The fourth-order valence-corrected chi connectivity index (χ4v) is 5.71. The molecule has 8 nitrogen and oxygen atoms in total. The average Bonchev–Trinajstić information content (AvgIpc) is 3.38. The molecule has 1 aromatic heterocycles. The molecule has 1 saturated carbocycles. The van der Waals surface area contributed by atoms with E-state index in [1.807, 2.05) is 90.9 Å². The van der Waals surface area contributed by atoms with Crippen LogP contribution in [0.3, 0.4) is 0 Å². The highest BCUT2D eigenvalue weighted by atomic mass is 16.6. The number of aromatic nitrogens is 2. The van der Waals surface area contributed by atoms with Gasteiger partial charge in [-0.2, -0.15) is 0 Å². The molecule has 0 N–H and O–H groups in total. The van der Waals surface area contributed by atoms with E-state index in [9.17, 15) is 14.4 Å². The van der Waals surface area contributed by atoms with Crippen LogP contribution in [-0.2, 0) is 16.0 Å². The van der Waals surface area contributed by atoms with Gasteiger partial charge in [0, 0.05) is 31.6 Å². The molecule has 1 aliphatic carbocycles. The highest BCUT2D eigenvalue weighted by Gasteiger charge is 2.37. The van der Waals surface area contributed by atoms with Gasteiger partial charge in [0.1, 0.15) is 5.60 Å². The van der Waals surface area contributed by atoms with Crippen LogP contribution in [0.4, 0.5) is 4.79 Å². The van der Waals surface area contributed by atoms with Crippen LogP contribution < -0.4 is 0 Å². The first kappa shape index (κ1) is 27.6. The topological polar surface area (TPSA) is 84.7 Å². The van der Waals surface area contributed by atoms with Crippen LogP contribution in [0.25, 0.3) is 11.3 Å². The Balaban J connectivity index is 1.49. The second-order valence-corrected chi connectivity index (χ2v) is 11.7. The summed E-state index contributed by atoms with van der Waals surface area (Å²) in [6, 6.07) is 19.1. The van der Waals surface area contributed by atoms with Crippen molar-refractivity contribution < 1.29 is 19.1 Å². The molecule has 1 saturated heterocycles. The molecule has 210 valence electrons. The molecule has 1 aliphatic heterocycles. The second kappa shape index (κ2) is 11.7. The van der Waals surface area contributed by atoms with Crippen LogP contribution >= 0.6 is 0 Å². The van der Waals surface area contributed by atoms with Crippen molar-refractivity contribution in [1.82, 2.24) is 19.4 Å². The number of imidazole rings is 1. The van der Waals surface area contributed by atoms with E-state index in [1.165, 1.54) is 0 Å². The van der Waals surface area contributed by atoms with E-state index in [0.717, 1.165) is 30.4 Å². The maximum atomic E-state index is 14.3. The number of rotatable bonds is 5. The minimum Gasteiger partial charge on any atom is -0.444 e. The lowest BCUT2D eigenvalue weighted by Gasteiger charge is -2.41. The minimum atomic E-state index is -0.604. The lowest BCUT2D eigenvalue weighted by Crippen LogP contribution is -2.58. The van der Waals surface area contributed by atoms with E-state index < -0.39 is 5.60 Å². The lowest BCUT2D eigenvalue weighted by atomic mass is 9.93. The highest BCUT2D eigenvalue weighted by Crippen LogP contribution is 2.33. The molecule has 2 aromatic carbocycles. The summed E-state index contributed by atoms with van der Waals surface area (Å²) in [5, 5.41) is 0. The van der Waals surface area contributed by atoms with Gasteiger partial charge in [0.2, 0.25) is 0 Å². The van der Waals surface area contributed by atoms with Gasteiger partial charge in [0.05, 0.1) is 24.1 Å². The third kappa shape index (κ3) is 6.11. The van der Waals surface area contributed by atoms with E-state index in [2.05, 4.69) is 4.98 Å². The molecule has 2 heterocycles. The van der Waals surface area contributed by atoms with Crippen LogP contribution in [-0.4, -0.2) is 68.4 Å². The van der Waals surface area contributed by atoms with Crippen molar-refractivity contribution in [3.63, 3.8) is 0 Å². The molecular formula is C32H38N4O4. The molecular weight excluding hydrogens is 504 g/mol. The van der Waals surface area contributed by atoms with Crippen molar-refractivity contribution in [3.05, 3.63) is 78.2 Å². The van der Waals surface area contributed by atoms with Crippen LogP contribution in [0, 0.1) is 0 Å². The largest absolute Gasteiger partial charge is 0.444 e. The second-order valence-electron chi connectivity index (χ2n) is 11.7. The Morgan fingerprint density at radius 2 is 1.68 bits per heavy atom. The number of ether oxygens (including phenoxy) is 1. The lowest BCUT2D eigenvalue weighted by molar-refractivity contribution is -0.123. The Labute approximate surface area is 235 Å². The zero-order valence-electron chi connectivity index (χ0n) is 23.6. The number of carbonyl (C=O) groups excluding carboxylic acids is 3. The molecule has 0 unspecified atom stereocenters. The number of piperazine rings is 1. The maximum Gasteiger partial charge on any atom is 0.410 e. The van der Waals surface area contributed by atoms with Crippen LogP contribution in [0.1, 0.15) is 68.5 Å². The number of benzene rings is 2. The van der Waals surface area contributed by atoms with E-state index in [-0.39, 0.29) is 29.9 Å². The number of amides is 2. The summed E-state index contributed by atoms with van der Waals surface area (Å²) in [7, 11) is 0. The number of Topliss-reactive ketones (excluding diaryl/α,β-unsaturated/α-hetero) is 1. The van der Waals surface area contributed by atoms with Crippen molar-refractivity contribution in [1.29, 1.82) is 0 Å². The van der Waals surface area contributed by atoms with Gasteiger partial charge in [0.15, 0.2) is 11.5 Å². The summed E-state index contributed by atoms with van der Waals surface area (Å²) in [5.41, 5.74) is 2.35. The van der Waals surface area contributed by atoms with Crippen LogP contribution in [0.15, 0.2) is 67.0 Å². The molecule has 5 rings (SSSR count). The Hall–Kier alpha value is -3.94. The van der Waals surface area contributed by atoms with E-state index in [1.54, 1.807) is 11.2 Å². The molecule has 2 atom stereocenters. The predicted molar refractivity (Wildman–Crippen MR) is 153 cm³/mol. The van der Waals surface area contributed by atoms with Crippen LogP contribution in [0.5, 0.6) is 0 Å². The molecule has 8 heteroatoms. The Morgan fingerprint density at radius 3 is 2.35 bits per heavy atom. The number of hydrogen-bond donors (Lipinski definition) is 0. The summed E-state index contributed by atoms with van der Waals surface area (Å²) >= 11 is 0. The molecule has 0 radical (unpaired) electrons. The fourth-order valence-electron chi connectivity index (χ4n) is 5.71. The first-order chi connectivity index (χ1) is 19.2. The molecule has 40 heavy (non-hydrogen) atoms. The minimum absolute atomic E-state index is 0.188. The SMILES string of the molecule is CC(C)(C)OC(=O)N1CCN(C(=O)c2ncn([C@@H]3CCCCC3=O)c2-c2ccccc2)[C@H](Cc2ccccc2)C1. The number of hydrogen-bond acceptors (Lipinski definition) is 5. The first-order valence-corrected chi connectivity index (χ1v) is 14.2. The maximum absolute atomic E-state index is 14.3. The van der Waals surface area contributed by atoms with Crippen LogP contribution in [0.2, 0.25) is 0 Å². The molecule has 2 amide bonds. The Kier molecular flexibility index (Phi) is 8.05. The van der Waals surface area contributed by atoms with E-state index in [4.69, 9.17) is 4.74 Å². The number of carbonyl (C=O) groups is 3. The fraction of sp³-hybridized carbons (Fsp3) is 0.438. The van der Waals surface area contributed by atoms with Crippen molar-refractivity contribution in [2.24, 2.45) is 0 Å². The van der Waals surface area contributed by atoms with E-state index >= 15 is 0 Å². The third-order valence-electron chi connectivity index (χ3n) is 7.61. The van der Waals surface area contributed by atoms with Gasteiger partial charge in [-0.25, -0.2) is 9.78 Å². The summed E-state index contributed by atoms with van der Waals surface area (Å²) in [6.07, 6.45) is 5.04. The normalized spacial score (nSPS) is 19.9. The van der Waals surface area contributed by atoms with Gasteiger partial charge in [0.25, 0.3) is 5.91 Å². The van der Waals surface area contributed by atoms with Crippen molar-refractivity contribution in [2.75, 3.05) is 19.6 Å². The average molecular weight is 543 g/mol. The molecule has 2 fully saturated rings. The van der Waals surface area contributed by atoms with Gasteiger partial charge in [-0.05, 0) is 45.6 Å². The van der Waals surface area contributed by atoms with E-state index in [0.29, 0.717) is 43.9 Å². The first-order valence-electron chi connectivity index (χ1n) is 14.2. The van der Waals surface area contributed by atoms with Crippen molar-refractivity contribution in [3.8, 4) is 11.3 Å².